The van der Waals surface area contributed by atoms with Gasteiger partial charge in [-0.15, -0.1) is 0 Å². The molecule has 1 aromatic rings. The lowest BCUT2D eigenvalue weighted by Crippen LogP contribution is -2.33. The Morgan fingerprint density at radius 1 is 0.875 bits per heavy atom. The van der Waals surface area contributed by atoms with Gasteiger partial charge in [0.25, 0.3) is 0 Å². The molecule has 0 spiro atoms. The van der Waals surface area contributed by atoms with Gasteiger partial charge in [-0.25, -0.2) is 0 Å². The van der Waals surface area contributed by atoms with E-state index >= 15 is 0 Å². The van der Waals surface area contributed by atoms with Gasteiger partial charge in [0.2, 0.25) is 0 Å². The summed E-state index contributed by atoms with van der Waals surface area (Å²) in [4.78, 5) is 0. The van der Waals surface area contributed by atoms with Crippen LogP contribution in [0.5, 0.6) is 0 Å². The van der Waals surface area contributed by atoms with Crippen molar-refractivity contribution in [3.05, 3.63) is 35.4 Å². The first-order chi connectivity index (χ1) is 11.8. The van der Waals surface area contributed by atoms with Crippen LogP contribution < -0.4 is 0 Å². The fourth-order valence-electron chi connectivity index (χ4n) is 4.94. The monoisotopic (exact) mass is 328 g/mol. The minimum Gasteiger partial charge on any atom is -0.378 e. The summed E-state index contributed by atoms with van der Waals surface area (Å²) in [7, 11) is 0. The topological polar surface area (TPSA) is 9.23 Å². The zero-order valence-electron chi connectivity index (χ0n) is 15.8. The maximum Gasteiger partial charge on any atom is 0.0578 e. The van der Waals surface area contributed by atoms with Crippen molar-refractivity contribution in [3.8, 4) is 0 Å². The molecule has 2 saturated carbocycles. The molecule has 1 heteroatoms. The molecule has 0 bridgehead atoms. The lowest BCUT2D eigenvalue weighted by atomic mass is 9.65. The Morgan fingerprint density at radius 3 is 2.38 bits per heavy atom. The van der Waals surface area contributed by atoms with Crippen LogP contribution in [0.2, 0.25) is 0 Å². The second-order valence-electron chi connectivity index (χ2n) is 8.18. The van der Waals surface area contributed by atoms with Crippen molar-refractivity contribution in [1.29, 1.82) is 0 Å². The number of hydrogen-bond acceptors (Lipinski definition) is 1. The second kappa shape index (κ2) is 9.04. The third-order valence-corrected chi connectivity index (χ3v) is 6.41. The predicted molar refractivity (Wildman–Crippen MR) is 103 cm³/mol. The van der Waals surface area contributed by atoms with Crippen molar-refractivity contribution < 1.29 is 4.74 Å². The molecule has 0 aliphatic heterocycles. The maximum absolute atomic E-state index is 6.12. The number of hydrogen-bond donors (Lipinski definition) is 0. The van der Waals surface area contributed by atoms with Gasteiger partial charge in [-0.1, -0.05) is 51.0 Å². The Kier molecular flexibility index (Phi) is 6.77. The smallest absolute Gasteiger partial charge is 0.0578 e. The van der Waals surface area contributed by atoms with Crippen molar-refractivity contribution >= 4 is 0 Å². The molecule has 2 aliphatic rings. The molecule has 2 fully saturated rings. The number of fused-ring (bicyclic) bond motifs is 1. The number of rotatable bonds is 7. The molecule has 0 N–H and O–H groups in total. The van der Waals surface area contributed by atoms with Crippen LogP contribution in [-0.4, -0.2) is 12.7 Å². The summed E-state index contributed by atoms with van der Waals surface area (Å²) >= 11 is 0. The van der Waals surface area contributed by atoms with Gasteiger partial charge in [0.1, 0.15) is 0 Å². The molecule has 0 heterocycles. The molecule has 134 valence electrons. The van der Waals surface area contributed by atoms with Crippen LogP contribution in [0.4, 0.5) is 0 Å². The Labute approximate surface area is 149 Å². The van der Waals surface area contributed by atoms with Crippen molar-refractivity contribution in [3.63, 3.8) is 0 Å². The van der Waals surface area contributed by atoms with Crippen LogP contribution in [0.3, 0.4) is 0 Å². The zero-order chi connectivity index (χ0) is 16.8. The molecule has 4 atom stereocenters. The molecule has 0 amide bonds. The molecular weight excluding hydrogens is 292 g/mol. The van der Waals surface area contributed by atoms with E-state index in [1.54, 1.807) is 5.56 Å². The maximum atomic E-state index is 6.12. The van der Waals surface area contributed by atoms with Gasteiger partial charge in [0.05, 0.1) is 6.10 Å². The van der Waals surface area contributed by atoms with Gasteiger partial charge in [-0.3, -0.25) is 0 Å². The Hall–Kier alpha value is -0.820. The van der Waals surface area contributed by atoms with E-state index in [1.165, 1.54) is 69.8 Å². The summed E-state index contributed by atoms with van der Waals surface area (Å²) in [6.45, 7) is 5.49. The van der Waals surface area contributed by atoms with E-state index in [2.05, 4.69) is 38.1 Å². The number of ether oxygens (including phenoxy) is 1. The highest BCUT2D eigenvalue weighted by Crippen LogP contribution is 2.46. The van der Waals surface area contributed by atoms with Crippen LogP contribution in [-0.2, 0) is 11.2 Å². The van der Waals surface area contributed by atoms with Crippen LogP contribution in [0.15, 0.2) is 24.3 Å². The first kappa shape index (κ1) is 18.0. The van der Waals surface area contributed by atoms with E-state index in [-0.39, 0.29) is 0 Å². The Bertz CT molecular complexity index is 477. The van der Waals surface area contributed by atoms with Crippen LogP contribution in [0.25, 0.3) is 0 Å². The SMILES string of the molecule is CCCCO[C@H]1CC[C@@H]2C[C@H](c3ccc(CCC)cc3)CC[C@H]2C1. The Morgan fingerprint density at radius 2 is 1.62 bits per heavy atom. The van der Waals surface area contributed by atoms with Crippen molar-refractivity contribution in [2.45, 2.75) is 90.1 Å². The highest BCUT2D eigenvalue weighted by atomic mass is 16.5. The fourth-order valence-corrected chi connectivity index (χ4v) is 4.94. The second-order valence-corrected chi connectivity index (χ2v) is 8.18. The van der Waals surface area contributed by atoms with Crippen molar-refractivity contribution in [1.82, 2.24) is 0 Å². The molecule has 3 rings (SSSR count). The molecule has 0 unspecified atom stereocenters. The lowest BCUT2D eigenvalue weighted by Gasteiger charge is -2.42. The number of benzene rings is 1. The average molecular weight is 329 g/mol. The van der Waals surface area contributed by atoms with Crippen LogP contribution >= 0.6 is 0 Å². The highest BCUT2D eigenvalue weighted by Gasteiger charge is 2.36. The highest BCUT2D eigenvalue weighted by molar-refractivity contribution is 5.26. The van der Waals surface area contributed by atoms with E-state index in [4.69, 9.17) is 4.74 Å². The molecular formula is C23H36O. The van der Waals surface area contributed by atoms with Crippen LogP contribution in [0.1, 0.15) is 88.7 Å². The molecule has 1 aromatic carbocycles. The van der Waals surface area contributed by atoms with Crippen LogP contribution in [0, 0.1) is 11.8 Å². The van der Waals surface area contributed by atoms with Crippen molar-refractivity contribution in [2.75, 3.05) is 6.61 Å². The molecule has 2 aliphatic carbocycles. The van der Waals surface area contributed by atoms with Gasteiger partial charge in [0, 0.05) is 6.61 Å². The van der Waals surface area contributed by atoms with Gasteiger partial charge < -0.3 is 4.74 Å². The first-order valence-corrected chi connectivity index (χ1v) is 10.5. The van der Waals surface area contributed by atoms with E-state index < -0.39 is 0 Å². The summed E-state index contributed by atoms with van der Waals surface area (Å²) in [5.74, 6) is 2.69. The number of aryl methyl sites for hydroxylation is 1. The molecule has 0 aromatic heterocycles. The summed E-state index contributed by atoms with van der Waals surface area (Å²) in [6.07, 6.45) is 13.7. The van der Waals surface area contributed by atoms with E-state index in [0.717, 1.165) is 24.4 Å². The third-order valence-electron chi connectivity index (χ3n) is 6.41. The summed E-state index contributed by atoms with van der Waals surface area (Å²) in [5, 5.41) is 0. The van der Waals surface area contributed by atoms with Gasteiger partial charge >= 0.3 is 0 Å². The van der Waals surface area contributed by atoms with Gasteiger partial charge in [0.15, 0.2) is 0 Å². The predicted octanol–water partition coefficient (Wildman–Crippen LogP) is 6.51. The normalized spacial score (nSPS) is 30.1. The van der Waals surface area contributed by atoms with E-state index in [1.807, 2.05) is 0 Å². The van der Waals surface area contributed by atoms with Gasteiger partial charge in [-0.05, 0) is 80.2 Å². The minimum atomic E-state index is 0.558. The molecule has 0 radical (unpaired) electrons. The summed E-state index contributed by atoms with van der Waals surface area (Å²) in [5.41, 5.74) is 3.09. The fraction of sp³-hybridized carbons (Fsp3) is 0.739. The van der Waals surface area contributed by atoms with E-state index in [0.29, 0.717) is 6.10 Å². The number of unbranched alkanes of at least 4 members (excludes halogenated alkanes) is 1. The standard InChI is InChI=1S/C23H36O/c1-3-5-15-24-23-14-13-21-16-20(11-12-22(21)17-23)19-9-7-18(6-4-2)8-10-19/h7-10,20-23H,3-6,11-17H2,1-2H3/t20-,21-,22+,23+/m1/s1. The Balaban J connectivity index is 1.50. The first-order valence-electron chi connectivity index (χ1n) is 10.5. The zero-order valence-corrected chi connectivity index (χ0v) is 15.8. The van der Waals surface area contributed by atoms with Crippen molar-refractivity contribution in [2.24, 2.45) is 11.8 Å². The average Bonchev–Trinajstić information content (AvgIpc) is 2.62. The largest absolute Gasteiger partial charge is 0.378 e. The third kappa shape index (κ3) is 4.63. The van der Waals surface area contributed by atoms with E-state index in [9.17, 15) is 0 Å². The molecule has 24 heavy (non-hydrogen) atoms. The summed E-state index contributed by atoms with van der Waals surface area (Å²) in [6, 6.07) is 9.55. The quantitative estimate of drug-likeness (QED) is 0.518. The molecule has 0 saturated heterocycles. The minimum absolute atomic E-state index is 0.558. The molecule has 1 nitrogen and oxygen atoms in total. The van der Waals surface area contributed by atoms with Gasteiger partial charge in [-0.2, -0.15) is 0 Å². The lowest BCUT2D eigenvalue weighted by molar-refractivity contribution is -0.0159. The summed E-state index contributed by atoms with van der Waals surface area (Å²) < 4.78 is 6.12.